The molecule has 0 fully saturated rings. The number of nitrogens with two attached hydrogens (primary N) is 1. The van der Waals surface area contributed by atoms with Gasteiger partial charge in [-0.3, -0.25) is 4.98 Å². The van der Waals surface area contributed by atoms with Crippen LogP contribution in [0.5, 0.6) is 0 Å². The van der Waals surface area contributed by atoms with E-state index in [-0.39, 0.29) is 0 Å². The molecular weight excluding hydrogens is 346 g/mol. The third kappa shape index (κ3) is 3.20. The summed E-state index contributed by atoms with van der Waals surface area (Å²) in [6, 6.07) is 12.3. The molecule has 106 valence electrons. The Balaban J connectivity index is 2.08. The lowest BCUT2D eigenvalue weighted by Gasteiger charge is -2.00. The molecule has 0 saturated heterocycles. The van der Waals surface area contributed by atoms with Crippen molar-refractivity contribution < 1.29 is 0 Å². The fourth-order valence-electron chi connectivity index (χ4n) is 2.13. The second kappa shape index (κ2) is 6.47. The maximum atomic E-state index is 5.74. The molecule has 2 N–H and O–H groups in total. The van der Waals surface area contributed by atoms with Gasteiger partial charge in [-0.1, -0.05) is 30.3 Å². The van der Waals surface area contributed by atoms with Gasteiger partial charge in [-0.25, -0.2) is 4.98 Å². The predicted octanol–water partition coefficient (Wildman–Crippen LogP) is 4.14. The number of halogens is 1. The molecule has 0 amide bonds. The summed E-state index contributed by atoms with van der Waals surface area (Å²) in [6.45, 7) is 0.623. The lowest BCUT2D eigenvalue weighted by Crippen LogP contribution is -2.02. The maximum Gasteiger partial charge on any atom is 0.125 e. The highest BCUT2D eigenvalue weighted by molar-refractivity contribution is 9.10. The lowest BCUT2D eigenvalue weighted by atomic mass is 10.1. The number of aromatic nitrogens is 2. The van der Waals surface area contributed by atoms with Crippen LogP contribution in [0.3, 0.4) is 0 Å². The highest BCUT2D eigenvalue weighted by Crippen LogP contribution is 2.34. The maximum absolute atomic E-state index is 5.74. The molecule has 0 aliphatic carbocycles. The Hall–Kier alpha value is -1.56. The molecule has 0 aliphatic rings. The van der Waals surface area contributed by atoms with E-state index in [1.54, 1.807) is 17.5 Å². The van der Waals surface area contributed by atoms with Gasteiger partial charge < -0.3 is 5.73 Å². The highest BCUT2D eigenvalue weighted by atomic mass is 79.9. The van der Waals surface area contributed by atoms with Gasteiger partial charge in [-0.05, 0) is 35.0 Å². The molecule has 0 aliphatic heterocycles. The molecule has 1 aromatic carbocycles. The quantitative estimate of drug-likeness (QED) is 0.761. The van der Waals surface area contributed by atoms with Gasteiger partial charge in [0.1, 0.15) is 5.01 Å². The van der Waals surface area contributed by atoms with Crippen molar-refractivity contribution in [2.24, 2.45) is 5.73 Å². The van der Waals surface area contributed by atoms with Gasteiger partial charge in [-0.15, -0.1) is 11.3 Å². The van der Waals surface area contributed by atoms with Crippen LogP contribution in [0.4, 0.5) is 0 Å². The molecular formula is C16H14BrN3S. The summed E-state index contributed by atoms with van der Waals surface area (Å²) in [7, 11) is 0. The Labute approximate surface area is 136 Å². The standard InChI is InChI=1S/C16H14BrN3S/c17-13-8-12(9-19-10-13)16-20-15(14(21-16)6-7-18)11-4-2-1-3-5-11/h1-5,8-10H,6-7,18H2. The van der Waals surface area contributed by atoms with Crippen LogP contribution in [0.1, 0.15) is 4.88 Å². The molecule has 5 heteroatoms. The van der Waals surface area contributed by atoms with E-state index in [1.165, 1.54) is 4.88 Å². The van der Waals surface area contributed by atoms with E-state index in [9.17, 15) is 0 Å². The van der Waals surface area contributed by atoms with Crippen molar-refractivity contribution in [3.8, 4) is 21.8 Å². The van der Waals surface area contributed by atoms with Gasteiger partial charge in [0.05, 0.1) is 5.69 Å². The minimum Gasteiger partial charge on any atom is -0.330 e. The molecule has 2 aromatic heterocycles. The molecule has 3 nitrogen and oxygen atoms in total. The number of rotatable bonds is 4. The lowest BCUT2D eigenvalue weighted by molar-refractivity contribution is 0.986. The van der Waals surface area contributed by atoms with Crippen LogP contribution >= 0.6 is 27.3 Å². The van der Waals surface area contributed by atoms with Crippen molar-refractivity contribution in [1.82, 2.24) is 9.97 Å². The van der Waals surface area contributed by atoms with Crippen LogP contribution in [0.25, 0.3) is 21.8 Å². The van der Waals surface area contributed by atoms with Gasteiger partial charge in [0.15, 0.2) is 0 Å². The first-order valence-corrected chi connectivity index (χ1v) is 8.25. The molecule has 21 heavy (non-hydrogen) atoms. The Morgan fingerprint density at radius 3 is 2.62 bits per heavy atom. The second-order valence-corrected chi connectivity index (χ2v) is 6.59. The largest absolute Gasteiger partial charge is 0.330 e. The number of thiazole rings is 1. The van der Waals surface area contributed by atoms with Gasteiger partial charge in [-0.2, -0.15) is 0 Å². The first kappa shape index (κ1) is 14.4. The zero-order valence-electron chi connectivity index (χ0n) is 11.3. The molecule has 0 unspecified atom stereocenters. The van der Waals surface area contributed by atoms with E-state index < -0.39 is 0 Å². The van der Waals surface area contributed by atoms with E-state index in [4.69, 9.17) is 10.7 Å². The molecule has 3 aromatic rings. The Kier molecular flexibility index (Phi) is 4.43. The van der Waals surface area contributed by atoms with E-state index in [0.717, 1.165) is 32.7 Å². The number of nitrogens with zero attached hydrogens (tertiary/aromatic N) is 2. The van der Waals surface area contributed by atoms with Crippen molar-refractivity contribution >= 4 is 27.3 Å². The molecule has 0 atom stereocenters. The predicted molar refractivity (Wildman–Crippen MR) is 91.2 cm³/mol. The smallest absolute Gasteiger partial charge is 0.125 e. The van der Waals surface area contributed by atoms with Gasteiger partial charge in [0.25, 0.3) is 0 Å². The number of benzene rings is 1. The van der Waals surface area contributed by atoms with E-state index >= 15 is 0 Å². The summed E-state index contributed by atoms with van der Waals surface area (Å²) in [4.78, 5) is 10.2. The summed E-state index contributed by atoms with van der Waals surface area (Å²) < 4.78 is 0.955. The van der Waals surface area contributed by atoms with Crippen molar-refractivity contribution in [3.05, 3.63) is 58.1 Å². The zero-order valence-corrected chi connectivity index (χ0v) is 13.7. The van der Waals surface area contributed by atoms with Crippen LogP contribution in [-0.2, 0) is 6.42 Å². The second-order valence-electron chi connectivity index (χ2n) is 4.59. The van der Waals surface area contributed by atoms with Crippen LogP contribution in [0.15, 0.2) is 53.3 Å². The van der Waals surface area contributed by atoms with Crippen LogP contribution in [-0.4, -0.2) is 16.5 Å². The number of pyridine rings is 1. The van der Waals surface area contributed by atoms with Gasteiger partial charge >= 0.3 is 0 Å². The van der Waals surface area contributed by atoms with Crippen molar-refractivity contribution in [3.63, 3.8) is 0 Å². The molecule has 0 bridgehead atoms. The monoisotopic (exact) mass is 359 g/mol. The molecule has 0 spiro atoms. The Morgan fingerprint density at radius 1 is 1.10 bits per heavy atom. The summed E-state index contributed by atoms with van der Waals surface area (Å²) >= 11 is 5.14. The van der Waals surface area contributed by atoms with Gasteiger partial charge in [0.2, 0.25) is 0 Å². The van der Waals surface area contributed by atoms with Crippen molar-refractivity contribution in [2.75, 3.05) is 6.54 Å². The van der Waals surface area contributed by atoms with Crippen molar-refractivity contribution in [1.29, 1.82) is 0 Å². The minimum absolute atomic E-state index is 0.623. The van der Waals surface area contributed by atoms with E-state index in [1.807, 2.05) is 30.5 Å². The van der Waals surface area contributed by atoms with Crippen LogP contribution < -0.4 is 5.73 Å². The summed E-state index contributed by atoms with van der Waals surface area (Å²) in [5, 5.41) is 0.978. The average Bonchev–Trinajstić information content (AvgIpc) is 2.93. The fraction of sp³-hybridized carbons (Fsp3) is 0.125. The summed E-state index contributed by atoms with van der Waals surface area (Å²) in [6.07, 6.45) is 4.45. The van der Waals surface area contributed by atoms with Crippen LogP contribution in [0, 0.1) is 0 Å². The topological polar surface area (TPSA) is 51.8 Å². The van der Waals surface area contributed by atoms with E-state index in [2.05, 4.69) is 33.0 Å². The molecule has 0 saturated carbocycles. The zero-order chi connectivity index (χ0) is 14.7. The first-order chi connectivity index (χ1) is 10.3. The van der Waals surface area contributed by atoms with Crippen LogP contribution in [0.2, 0.25) is 0 Å². The normalized spacial score (nSPS) is 10.8. The Bertz CT molecular complexity index is 740. The number of hydrogen-bond acceptors (Lipinski definition) is 4. The molecule has 2 heterocycles. The highest BCUT2D eigenvalue weighted by Gasteiger charge is 2.14. The van der Waals surface area contributed by atoms with Crippen molar-refractivity contribution in [2.45, 2.75) is 6.42 Å². The molecule has 3 rings (SSSR count). The molecule has 0 radical (unpaired) electrons. The van der Waals surface area contributed by atoms with Gasteiger partial charge in [0, 0.05) is 32.9 Å². The fourth-order valence-corrected chi connectivity index (χ4v) is 3.57. The third-order valence-electron chi connectivity index (χ3n) is 3.07. The Morgan fingerprint density at radius 2 is 1.90 bits per heavy atom. The first-order valence-electron chi connectivity index (χ1n) is 6.64. The number of hydrogen-bond donors (Lipinski definition) is 1. The summed E-state index contributed by atoms with van der Waals surface area (Å²) in [5.41, 5.74) is 8.92. The van der Waals surface area contributed by atoms with E-state index in [0.29, 0.717) is 6.54 Å². The average molecular weight is 360 g/mol. The SMILES string of the molecule is NCCc1sc(-c2cncc(Br)c2)nc1-c1ccccc1. The third-order valence-corrected chi connectivity index (χ3v) is 4.67. The summed E-state index contributed by atoms with van der Waals surface area (Å²) in [5.74, 6) is 0. The minimum atomic E-state index is 0.623.